The van der Waals surface area contributed by atoms with E-state index < -0.39 is 7.60 Å². The fourth-order valence-electron chi connectivity index (χ4n) is 3.27. The molecular weight excluding hydrogens is 407 g/mol. The molecule has 3 aromatic rings. The quantitative estimate of drug-likeness (QED) is 0.298. The van der Waals surface area contributed by atoms with Crippen molar-refractivity contribution in [3.8, 4) is 11.1 Å². The van der Waals surface area contributed by atoms with Gasteiger partial charge in [0.25, 0.3) is 0 Å². The Kier molecular flexibility index (Phi) is 6.97. The molecule has 0 aliphatic heterocycles. The molecule has 7 heteroatoms. The molecular formula is C22H26ClN2O3P. The van der Waals surface area contributed by atoms with E-state index in [9.17, 15) is 4.57 Å². The molecule has 0 fully saturated rings. The minimum Gasteiger partial charge on any atom is -0.342 e. The number of halogens is 1. The lowest BCUT2D eigenvalue weighted by Gasteiger charge is -2.11. The van der Waals surface area contributed by atoms with Gasteiger partial charge in [-0.3, -0.25) is 4.57 Å². The van der Waals surface area contributed by atoms with Gasteiger partial charge < -0.3 is 14.8 Å². The molecule has 2 aromatic carbocycles. The first kappa shape index (κ1) is 21.8. The number of hydrogen-bond donors (Lipinski definition) is 3. The van der Waals surface area contributed by atoms with Crippen LogP contribution in [0.4, 0.5) is 0 Å². The number of benzene rings is 2. The van der Waals surface area contributed by atoms with E-state index in [1.807, 2.05) is 12.1 Å². The molecule has 1 unspecified atom stereocenters. The van der Waals surface area contributed by atoms with Crippen molar-refractivity contribution in [2.24, 2.45) is 0 Å². The van der Waals surface area contributed by atoms with E-state index >= 15 is 0 Å². The van der Waals surface area contributed by atoms with Gasteiger partial charge in [-0.05, 0) is 42.0 Å². The van der Waals surface area contributed by atoms with Gasteiger partial charge in [-0.1, -0.05) is 61.9 Å². The molecule has 3 N–H and O–H groups in total. The molecule has 0 radical (unpaired) electrons. The minimum absolute atomic E-state index is 0.185. The van der Waals surface area contributed by atoms with Crippen LogP contribution in [0.2, 0.25) is 5.02 Å². The predicted molar refractivity (Wildman–Crippen MR) is 120 cm³/mol. The highest BCUT2D eigenvalue weighted by molar-refractivity contribution is 7.51. The second-order valence-corrected chi connectivity index (χ2v) is 9.49. The Labute approximate surface area is 176 Å². The third-order valence-corrected chi connectivity index (χ3v) is 6.06. The number of rotatable bonds is 8. The molecule has 0 aliphatic carbocycles. The van der Waals surface area contributed by atoms with Crippen molar-refractivity contribution >= 4 is 30.2 Å². The molecule has 0 amide bonds. The summed E-state index contributed by atoms with van der Waals surface area (Å²) in [5.41, 5.74) is 4.67. The predicted octanol–water partition coefficient (Wildman–Crippen LogP) is 6.06. The normalized spacial score (nSPS) is 13.4. The van der Waals surface area contributed by atoms with Gasteiger partial charge in [-0.25, -0.2) is 4.98 Å². The number of allylic oxidation sites excluding steroid dienone is 2. The summed E-state index contributed by atoms with van der Waals surface area (Å²) in [6.45, 7) is 4.35. The van der Waals surface area contributed by atoms with Crippen molar-refractivity contribution in [3.63, 3.8) is 0 Å². The fraction of sp³-hybridized carbons (Fsp3) is 0.318. The number of aromatic amines is 1. The number of imidazole rings is 1. The number of aryl methyl sites for hydroxylation is 1. The summed E-state index contributed by atoms with van der Waals surface area (Å²) in [5, 5.41) is 0.606. The van der Waals surface area contributed by atoms with Crippen molar-refractivity contribution in [1.29, 1.82) is 0 Å². The SMILES string of the molecule is CCC=CCC(C)c1ccc(-c2cc3nc(CCP(=O)(O)O)[nH]c3cc2Cl)cc1. The molecule has 154 valence electrons. The zero-order chi connectivity index (χ0) is 21.0. The Hall–Kier alpha value is -1.91. The molecule has 5 nitrogen and oxygen atoms in total. The van der Waals surface area contributed by atoms with E-state index in [-0.39, 0.29) is 12.6 Å². The first-order chi connectivity index (χ1) is 13.8. The smallest absolute Gasteiger partial charge is 0.326 e. The first-order valence-corrected chi connectivity index (χ1v) is 11.9. The van der Waals surface area contributed by atoms with E-state index in [2.05, 4.69) is 60.2 Å². The van der Waals surface area contributed by atoms with Crippen LogP contribution >= 0.6 is 19.2 Å². The Morgan fingerprint density at radius 1 is 1.21 bits per heavy atom. The summed E-state index contributed by atoms with van der Waals surface area (Å²) >= 11 is 6.50. The molecule has 29 heavy (non-hydrogen) atoms. The zero-order valence-corrected chi connectivity index (χ0v) is 18.3. The Balaban J connectivity index is 1.82. The van der Waals surface area contributed by atoms with Crippen molar-refractivity contribution < 1.29 is 14.4 Å². The number of nitrogens with one attached hydrogen (secondary N) is 1. The van der Waals surface area contributed by atoms with Gasteiger partial charge in [-0.2, -0.15) is 0 Å². The summed E-state index contributed by atoms with van der Waals surface area (Å²) in [7, 11) is -4.05. The van der Waals surface area contributed by atoms with E-state index in [1.54, 1.807) is 0 Å². The molecule has 0 aliphatic rings. The monoisotopic (exact) mass is 432 g/mol. The lowest BCUT2D eigenvalue weighted by Crippen LogP contribution is -1.95. The van der Waals surface area contributed by atoms with Crippen LogP contribution < -0.4 is 0 Å². The van der Waals surface area contributed by atoms with E-state index in [0.29, 0.717) is 16.8 Å². The molecule has 3 rings (SSSR count). The Bertz CT molecular complexity index is 1050. The third-order valence-electron chi connectivity index (χ3n) is 4.94. The van der Waals surface area contributed by atoms with E-state index in [0.717, 1.165) is 35.0 Å². The standard InChI is InChI=1S/C22H26ClN2O3P/c1-3-4-5-6-15(2)16-7-9-17(10-8-16)18-13-20-21(14-19(18)23)25-22(24-20)11-12-29(26,27)28/h4-5,7-10,13-15H,3,6,11-12H2,1-2H3,(H,24,25)(H2,26,27,28). The second kappa shape index (κ2) is 9.27. The Morgan fingerprint density at radius 2 is 1.93 bits per heavy atom. The van der Waals surface area contributed by atoms with Gasteiger partial charge in [-0.15, -0.1) is 0 Å². The summed E-state index contributed by atoms with van der Waals surface area (Å²) in [6.07, 6.45) is 6.44. The van der Waals surface area contributed by atoms with Gasteiger partial charge in [0.2, 0.25) is 0 Å². The van der Waals surface area contributed by atoms with Crippen molar-refractivity contribution in [2.75, 3.05) is 6.16 Å². The average Bonchev–Trinajstić information content (AvgIpc) is 3.07. The topological polar surface area (TPSA) is 86.2 Å². The van der Waals surface area contributed by atoms with Gasteiger partial charge >= 0.3 is 7.60 Å². The lowest BCUT2D eigenvalue weighted by molar-refractivity contribution is 0.372. The maximum Gasteiger partial charge on any atom is 0.326 e. The van der Waals surface area contributed by atoms with Crippen molar-refractivity contribution in [2.45, 2.75) is 39.0 Å². The first-order valence-electron chi connectivity index (χ1n) is 9.75. The third kappa shape index (κ3) is 5.80. The van der Waals surface area contributed by atoms with E-state index in [1.165, 1.54) is 5.56 Å². The highest BCUT2D eigenvalue weighted by Gasteiger charge is 2.15. The maximum absolute atomic E-state index is 11.1. The van der Waals surface area contributed by atoms with Crippen LogP contribution in [0.1, 0.15) is 44.0 Å². The summed E-state index contributed by atoms with van der Waals surface area (Å²) < 4.78 is 11.1. The minimum atomic E-state index is -4.05. The maximum atomic E-state index is 11.1. The summed E-state index contributed by atoms with van der Waals surface area (Å²) in [5.74, 6) is 0.994. The fourth-order valence-corrected chi connectivity index (χ4v) is 4.04. The van der Waals surface area contributed by atoms with Crippen LogP contribution in [-0.4, -0.2) is 25.9 Å². The van der Waals surface area contributed by atoms with Crippen LogP contribution in [-0.2, 0) is 11.0 Å². The number of aromatic nitrogens is 2. The number of hydrogen-bond acceptors (Lipinski definition) is 2. The lowest BCUT2D eigenvalue weighted by atomic mass is 9.95. The highest BCUT2D eigenvalue weighted by atomic mass is 35.5. The van der Waals surface area contributed by atoms with Crippen molar-refractivity contribution in [1.82, 2.24) is 9.97 Å². The van der Waals surface area contributed by atoms with Gasteiger partial charge in [0.05, 0.1) is 22.2 Å². The van der Waals surface area contributed by atoms with Gasteiger partial charge in [0, 0.05) is 12.0 Å². The summed E-state index contributed by atoms with van der Waals surface area (Å²) in [4.78, 5) is 25.7. The zero-order valence-electron chi connectivity index (χ0n) is 16.6. The molecule has 1 atom stereocenters. The Morgan fingerprint density at radius 3 is 2.59 bits per heavy atom. The number of H-pyrrole nitrogens is 1. The largest absolute Gasteiger partial charge is 0.342 e. The van der Waals surface area contributed by atoms with E-state index in [4.69, 9.17) is 21.4 Å². The molecule has 0 saturated heterocycles. The van der Waals surface area contributed by atoms with Gasteiger partial charge in [0.15, 0.2) is 0 Å². The second-order valence-electron chi connectivity index (χ2n) is 7.31. The average molecular weight is 433 g/mol. The van der Waals surface area contributed by atoms with Crippen molar-refractivity contribution in [3.05, 3.63) is 65.0 Å². The van der Waals surface area contributed by atoms with Crippen LogP contribution in [0.25, 0.3) is 22.2 Å². The molecule has 1 aromatic heterocycles. The summed E-state index contributed by atoms with van der Waals surface area (Å²) in [6, 6.07) is 12.1. The van der Waals surface area contributed by atoms with Crippen LogP contribution in [0.3, 0.4) is 0 Å². The number of nitrogens with zero attached hydrogens (tertiary/aromatic N) is 1. The highest BCUT2D eigenvalue weighted by Crippen LogP contribution is 2.36. The van der Waals surface area contributed by atoms with Crippen LogP contribution in [0.5, 0.6) is 0 Å². The molecule has 1 heterocycles. The molecule has 0 spiro atoms. The van der Waals surface area contributed by atoms with Crippen LogP contribution in [0.15, 0.2) is 48.6 Å². The molecule has 0 saturated carbocycles. The molecule has 0 bridgehead atoms. The van der Waals surface area contributed by atoms with Gasteiger partial charge in [0.1, 0.15) is 5.82 Å². The van der Waals surface area contributed by atoms with Crippen LogP contribution in [0, 0.1) is 0 Å². The number of fused-ring (bicyclic) bond motifs is 1.